The summed E-state index contributed by atoms with van der Waals surface area (Å²) in [7, 11) is 0. The molecule has 1 heterocycles. The van der Waals surface area contributed by atoms with Crippen molar-refractivity contribution in [3.8, 4) is 0 Å². The van der Waals surface area contributed by atoms with Gasteiger partial charge in [-0.25, -0.2) is 4.39 Å². The molecule has 0 bridgehead atoms. The van der Waals surface area contributed by atoms with Crippen LogP contribution in [0.3, 0.4) is 0 Å². The van der Waals surface area contributed by atoms with E-state index in [0.717, 1.165) is 22.9 Å². The Hall–Kier alpha value is -1.54. The lowest BCUT2D eigenvalue weighted by atomic mass is 9.39. The molecule has 1 aromatic carbocycles. The first kappa shape index (κ1) is 28.6. The minimum atomic E-state index is -1.96. The summed E-state index contributed by atoms with van der Waals surface area (Å²) in [6.07, 6.45) is 5.27. The number of hydrogen-bond donors (Lipinski definition) is 1. The van der Waals surface area contributed by atoms with E-state index in [0.29, 0.717) is 43.9 Å². The number of hydrogen-bond acceptors (Lipinski definition) is 5. The van der Waals surface area contributed by atoms with Crippen LogP contribution in [0, 0.1) is 33.5 Å². The second-order valence-electron chi connectivity index (χ2n) is 13.4. The fourth-order valence-electron chi connectivity index (χ4n) is 10.00. The predicted octanol–water partition coefficient (Wildman–Crippen LogP) is 6.36. The number of likely N-dealkylation sites (tertiary alicyclic amines) is 1. The Kier molecular flexibility index (Phi) is 6.78. The van der Waals surface area contributed by atoms with Crippen molar-refractivity contribution in [2.24, 2.45) is 33.5 Å². The summed E-state index contributed by atoms with van der Waals surface area (Å²) in [5, 5.41) is 12.5. The molecule has 6 rings (SSSR count). The highest BCUT2D eigenvalue weighted by atomic mass is 35.5. The maximum Gasteiger partial charge on any atom is 0.197 e. The third kappa shape index (κ3) is 3.56. The van der Waals surface area contributed by atoms with Gasteiger partial charge in [0.1, 0.15) is 0 Å². The molecule has 1 saturated heterocycles. The molecule has 1 N–H and O–H groups in total. The van der Waals surface area contributed by atoms with E-state index in [1.807, 2.05) is 31.2 Å². The Labute approximate surface area is 244 Å². The first-order chi connectivity index (χ1) is 18.9. The van der Waals surface area contributed by atoms with Crippen LogP contribution >= 0.6 is 23.4 Å². The normalized spacial score (nSPS) is 44.0. The molecule has 216 valence electrons. The van der Waals surface area contributed by atoms with Gasteiger partial charge in [-0.3, -0.25) is 18.9 Å². The maximum atomic E-state index is 17.8. The van der Waals surface area contributed by atoms with Crippen LogP contribution in [0.2, 0.25) is 5.02 Å². The highest BCUT2D eigenvalue weighted by molar-refractivity contribution is 8.13. The average molecular weight is 590 g/mol. The molecule has 5 aliphatic rings. The number of carbonyl (C=O) groups excluding carboxylic acids is 2. The van der Waals surface area contributed by atoms with Crippen LogP contribution in [0.25, 0.3) is 0 Å². The molecule has 4 nitrogen and oxygen atoms in total. The largest absolute Gasteiger partial charge is 0.390 e. The lowest BCUT2D eigenvalue weighted by Gasteiger charge is -2.67. The molecule has 40 heavy (non-hydrogen) atoms. The van der Waals surface area contributed by atoms with Gasteiger partial charge >= 0.3 is 0 Å². The van der Waals surface area contributed by atoms with Crippen molar-refractivity contribution in [3.05, 3.63) is 58.7 Å². The van der Waals surface area contributed by atoms with E-state index in [1.165, 1.54) is 6.08 Å². The molecule has 1 aliphatic heterocycles. The third-order valence-corrected chi connectivity index (χ3v) is 13.2. The predicted molar refractivity (Wildman–Crippen MR) is 154 cm³/mol. The van der Waals surface area contributed by atoms with E-state index in [1.54, 1.807) is 12.2 Å². The van der Waals surface area contributed by atoms with Crippen LogP contribution in [0.5, 0.6) is 0 Å². The van der Waals surface area contributed by atoms with E-state index in [2.05, 4.69) is 18.7 Å². The molecular weight excluding hydrogens is 552 g/mol. The van der Waals surface area contributed by atoms with E-state index < -0.39 is 46.0 Å². The smallest absolute Gasteiger partial charge is 0.197 e. The highest BCUT2D eigenvalue weighted by Crippen LogP contribution is 2.79. The number of thioether (sulfide) groups is 1. The van der Waals surface area contributed by atoms with E-state index in [9.17, 15) is 19.1 Å². The number of carbonyl (C=O) groups is 2. The van der Waals surface area contributed by atoms with Crippen molar-refractivity contribution in [1.29, 1.82) is 0 Å². The number of rotatable bonds is 5. The Bertz CT molecular complexity index is 1320. The summed E-state index contributed by atoms with van der Waals surface area (Å²) in [6, 6.07) is 7.72. The van der Waals surface area contributed by atoms with Gasteiger partial charge in [0.25, 0.3) is 0 Å². The minimum Gasteiger partial charge on any atom is -0.390 e. The van der Waals surface area contributed by atoms with E-state index in [4.69, 9.17) is 11.6 Å². The zero-order chi connectivity index (χ0) is 28.7. The molecule has 0 spiro atoms. The number of ketones is 1. The van der Waals surface area contributed by atoms with Gasteiger partial charge in [0.2, 0.25) is 0 Å². The quantitative estimate of drug-likeness (QED) is 0.433. The van der Waals surface area contributed by atoms with Crippen LogP contribution in [0.4, 0.5) is 8.78 Å². The van der Waals surface area contributed by atoms with Gasteiger partial charge in [-0.05, 0) is 79.2 Å². The van der Waals surface area contributed by atoms with Crippen molar-refractivity contribution in [2.45, 2.75) is 64.8 Å². The van der Waals surface area contributed by atoms with Crippen LogP contribution in [-0.2, 0) is 16.1 Å². The summed E-state index contributed by atoms with van der Waals surface area (Å²) < 4.78 is 31.1. The number of fused-ring (bicyclic) bond motifs is 7. The summed E-state index contributed by atoms with van der Waals surface area (Å²) in [6.45, 7) is 7.28. The monoisotopic (exact) mass is 589 g/mol. The molecule has 8 heteroatoms. The molecule has 8 atom stereocenters. The SMILES string of the molecule is CC12C=CC(=O)C=C1CCC1C3(C)CC4CN(Cc5cccc(Cl)c5)CC4(C(=O)SCCF)C3(C)CC(O)C12F. The lowest BCUT2D eigenvalue weighted by Crippen LogP contribution is -2.71. The van der Waals surface area contributed by atoms with Gasteiger partial charge in [0.05, 0.1) is 18.2 Å². The van der Waals surface area contributed by atoms with Gasteiger partial charge in [0, 0.05) is 41.7 Å². The fraction of sp³-hybridized carbons (Fsp3) is 0.625. The number of aliphatic hydroxyl groups is 1. The Balaban J connectivity index is 1.42. The molecule has 0 amide bonds. The van der Waals surface area contributed by atoms with Gasteiger partial charge in [-0.2, -0.15) is 0 Å². The second-order valence-corrected chi connectivity index (χ2v) is 14.9. The van der Waals surface area contributed by atoms with Crippen molar-refractivity contribution < 1.29 is 23.5 Å². The van der Waals surface area contributed by atoms with Gasteiger partial charge in [-0.1, -0.05) is 61.0 Å². The standard InChI is InChI=1S/C32H38ClF2NO3S/c1-28-10-9-24(37)14-21(28)7-8-25-29(2)15-22-18-36(17-20-5-4-6-23(33)13-20)19-31(22,27(39)40-12-11-34)30(29,3)16-26(38)32(25,28)35/h4-6,9-10,13-14,22,25-26,38H,7-8,11-12,15-19H2,1-3H3. The zero-order valence-electron chi connectivity index (χ0n) is 23.4. The highest BCUT2D eigenvalue weighted by Gasteiger charge is 2.81. The van der Waals surface area contributed by atoms with Gasteiger partial charge < -0.3 is 5.11 Å². The molecular formula is C32H38ClF2NO3S. The Morgan fingerprint density at radius 3 is 2.75 bits per heavy atom. The van der Waals surface area contributed by atoms with Crippen LogP contribution in [-0.4, -0.2) is 58.2 Å². The minimum absolute atomic E-state index is 0.0284. The number of alkyl halides is 2. The number of nitrogens with zero attached hydrogens (tertiary/aromatic N) is 1. The molecule has 1 aromatic rings. The average Bonchev–Trinajstić information content (AvgIpc) is 3.34. The van der Waals surface area contributed by atoms with Gasteiger partial charge in [0.15, 0.2) is 16.6 Å². The maximum absolute atomic E-state index is 17.8. The molecule has 8 unspecified atom stereocenters. The number of halogens is 3. The van der Waals surface area contributed by atoms with E-state index >= 15 is 4.39 Å². The first-order valence-corrected chi connectivity index (χ1v) is 15.7. The number of benzene rings is 1. The number of aliphatic hydroxyl groups excluding tert-OH is 1. The third-order valence-electron chi connectivity index (χ3n) is 12.0. The lowest BCUT2D eigenvalue weighted by molar-refractivity contribution is -0.235. The van der Waals surface area contributed by atoms with E-state index in [-0.39, 0.29) is 29.0 Å². The zero-order valence-corrected chi connectivity index (χ0v) is 25.0. The molecule has 4 fully saturated rings. The molecule has 3 saturated carbocycles. The fourth-order valence-corrected chi connectivity index (χ4v) is 11.2. The van der Waals surface area contributed by atoms with Crippen molar-refractivity contribution in [1.82, 2.24) is 4.90 Å². The molecule has 4 aliphatic carbocycles. The number of allylic oxidation sites excluding steroid dienone is 4. The summed E-state index contributed by atoms with van der Waals surface area (Å²) in [4.78, 5) is 28.7. The summed E-state index contributed by atoms with van der Waals surface area (Å²) in [5.41, 5.74) is -3.33. The Morgan fingerprint density at radius 1 is 1.25 bits per heavy atom. The summed E-state index contributed by atoms with van der Waals surface area (Å²) >= 11 is 7.31. The van der Waals surface area contributed by atoms with Crippen LogP contribution in [0.1, 0.15) is 52.0 Å². The first-order valence-electron chi connectivity index (χ1n) is 14.4. The Morgan fingerprint density at radius 2 is 2.02 bits per heavy atom. The second kappa shape index (κ2) is 9.48. The molecule has 0 radical (unpaired) electrons. The molecule has 0 aromatic heterocycles. The van der Waals surface area contributed by atoms with Gasteiger partial charge in [-0.15, -0.1) is 0 Å². The van der Waals surface area contributed by atoms with Crippen molar-refractivity contribution >= 4 is 34.3 Å². The topological polar surface area (TPSA) is 57.6 Å². The summed E-state index contributed by atoms with van der Waals surface area (Å²) in [5.74, 6) is -0.570. The van der Waals surface area contributed by atoms with Crippen LogP contribution < -0.4 is 0 Å². The van der Waals surface area contributed by atoms with Crippen molar-refractivity contribution in [3.63, 3.8) is 0 Å². The van der Waals surface area contributed by atoms with Crippen LogP contribution in [0.15, 0.2) is 48.1 Å². The van der Waals surface area contributed by atoms with Crippen molar-refractivity contribution in [2.75, 3.05) is 25.5 Å².